The van der Waals surface area contributed by atoms with Crippen molar-refractivity contribution in [1.82, 2.24) is 5.32 Å². The third kappa shape index (κ3) is 3.77. The molecule has 4 nitrogen and oxygen atoms in total. The zero-order valence-corrected chi connectivity index (χ0v) is 11.6. The third-order valence-electron chi connectivity index (χ3n) is 3.71. The smallest absolute Gasteiger partial charge is 0.340 e. The highest BCUT2D eigenvalue weighted by molar-refractivity contribution is 5.89. The molecule has 2 atom stereocenters. The molecule has 2 N–H and O–H groups in total. The molecule has 0 saturated heterocycles. The van der Waals surface area contributed by atoms with E-state index in [0.29, 0.717) is 12.5 Å². The van der Waals surface area contributed by atoms with Gasteiger partial charge in [0.2, 0.25) is 0 Å². The number of halogens is 1. The van der Waals surface area contributed by atoms with E-state index in [2.05, 4.69) is 10.1 Å². The van der Waals surface area contributed by atoms with Gasteiger partial charge in [-0.3, -0.25) is 0 Å². The monoisotopic (exact) mass is 281 g/mol. The summed E-state index contributed by atoms with van der Waals surface area (Å²) in [6.45, 7) is 1.36. The molecule has 0 amide bonds. The first-order valence-electron chi connectivity index (χ1n) is 6.85. The summed E-state index contributed by atoms with van der Waals surface area (Å²) < 4.78 is 18.2. The molecule has 0 aliphatic heterocycles. The van der Waals surface area contributed by atoms with Crippen LogP contribution in [-0.4, -0.2) is 30.8 Å². The molecule has 110 valence electrons. The molecule has 1 aliphatic carbocycles. The van der Waals surface area contributed by atoms with Crippen LogP contribution in [0.5, 0.6) is 0 Å². The second-order valence-electron chi connectivity index (χ2n) is 5.27. The van der Waals surface area contributed by atoms with Gasteiger partial charge in [0.05, 0.1) is 18.8 Å². The molecule has 1 aliphatic rings. The van der Waals surface area contributed by atoms with E-state index in [9.17, 15) is 14.3 Å². The Kier molecular flexibility index (Phi) is 5.09. The van der Waals surface area contributed by atoms with Crippen LogP contribution < -0.4 is 5.32 Å². The van der Waals surface area contributed by atoms with Gasteiger partial charge in [-0.05, 0) is 49.4 Å². The van der Waals surface area contributed by atoms with E-state index in [0.717, 1.165) is 31.4 Å². The molecule has 2 rings (SSSR count). The molecule has 0 radical (unpaired) electrons. The van der Waals surface area contributed by atoms with Crippen molar-refractivity contribution in [2.45, 2.75) is 31.9 Å². The van der Waals surface area contributed by atoms with Gasteiger partial charge in [-0.25, -0.2) is 9.18 Å². The van der Waals surface area contributed by atoms with Crippen molar-refractivity contribution in [3.8, 4) is 0 Å². The SMILES string of the molecule is COC(=O)c1ccc(CNCC2CCC(O)C2)cc1F. The van der Waals surface area contributed by atoms with Gasteiger partial charge in [-0.15, -0.1) is 0 Å². The van der Waals surface area contributed by atoms with Gasteiger partial charge in [0, 0.05) is 6.54 Å². The van der Waals surface area contributed by atoms with E-state index in [1.807, 2.05) is 0 Å². The zero-order valence-electron chi connectivity index (χ0n) is 11.6. The molecule has 2 unspecified atom stereocenters. The number of hydrogen-bond acceptors (Lipinski definition) is 4. The maximum atomic E-state index is 13.7. The summed E-state index contributed by atoms with van der Waals surface area (Å²) in [4.78, 5) is 11.3. The zero-order chi connectivity index (χ0) is 14.5. The Morgan fingerprint density at radius 3 is 2.90 bits per heavy atom. The minimum Gasteiger partial charge on any atom is -0.465 e. The van der Waals surface area contributed by atoms with Gasteiger partial charge in [-0.1, -0.05) is 6.07 Å². The summed E-state index contributed by atoms with van der Waals surface area (Å²) in [7, 11) is 1.23. The highest BCUT2D eigenvalue weighted by atomic mass is 19.1. The summed E-state index contributed by atoms with van der Waals surface area (Å²) in [5.74, 6) is -0.737. The van der Waals surface area contributed by atoms with Gasteiger partial charge >= 0.3 is 5.97 Å². The Bertz CT molecular complexity index is 478. The van der Waals surface area contributed by atoms with E-state index in [-0.39, 0.29) is 11.7 Å². The molecule has 1 fully saturated rings. The number of ether oxygens (including phenoxy) is 1. The number of carbonyl (C=O) groups excluding carboxylic acids is 1. The fourth-order valence-corrected chi connectivity index (χ4v) is 2.60. The number of nitrogens with one attached hydrogen (secondary N) is 1. The molecule has 0 aromatic heterocycles. The highest BCUT2D eigenvalue weighted by Crippen LogP contribution is 2.24. The van der Waals surface area contributed by atoms with Gasteiger partial charge < -0.3 is 15.2 Å². The second-order valence-corrected chi connectivity index (χ2v) is 5.27. The van der Waals surface area contributed by atoms with Crippen LogP contribution in [0.25, 0.3) is 0 Å². The van der Waals surface area contributed by atoms with Crippen molar-refractivity contribution in [3.63, 3.8) is 0 Å². The number of aliphatic hydroxyl groups excluding tert-OH is 1. The maximum absolute atomic E-state index is 13.7. The lowest BCUT2D eigenvalue weighted by atomic mass is 10.1. The molecule has 0 spiro atoms. The molecule has 5 heteroatoms. The minimum absolute atomic E-state index is 0.0461. The Morgan fingerprint density at radius 1 is 1.50 bits per heavy atom. The topological polar surface area (TPSA) is 58.6 Å². The van der Waals surface area contributed by atoms with Gasteiger partial charge in [-0.2, -0.15) is 0 Å². The quantitative estimate of drug-likeness (QED) is 0.809. The molecule has 1 aromatic rings. The number of esters is 1. The number of carbonyl (C=O) groups is 1. The van der Waals surface area contributed by atoms with Crippen molar-refractivity contribution in [3.05, 3.63) is 35.1 Å². The van der Waals surface area contributed by atoms with Crippen LogP contribution in [0.4, 0.5) is 4.39 Å². The van der Waals surface area contributed by atoms with Crippen LogP contribution >= 0.6 is 0 Å². The van der Waals surface area contributed by atoms with E-state index < -0.39 is 11.8 Å². The lowest BCUT2D eigenvalue weighted by Crippen LogP contribution is -2.21. The lowest BCUT2D eigenvalue weighted by Gasteiger charge is -2.11. The summed E-state index contributed by atoms with van der Waals surface area (Å²) in [6.07, 6.45) is 2.57. The second kappa shape index (κ2) is 6.81. The molecular formula is C15H20FNO3. The van der Waals surface area contributed by atoms with Gasteiger partial charge in [0.15, 0.2) is 0 Å². The largest absolute Gasteiger partial charge is 0.465 e. The Labute approximate surface area is 117 Å². The van der Waals surface area contributed by atoms with E-state index in [1.165, 1.54) is 19.2 Å². The fraction of sp³-hybridized carbons (Fsp3) is 0.533. The minimum atomic E-state index is -0.665. The van der Waals surface area contributed by atoms with Crippen molar-refractivity contribution in [2.75, 3.05) is 13.7 Å². The predicted octanol–water partition coefficient (Wildman–Crippen LogP) is 1.86. The lowest BCUT2D eigenvalue weighted by molar-refractivity contribution is 0.0595. The highest BCUT2D eigenvalue weighted by Gasteiger charge is 2.22. The molecule has 1 aromatic carbocycles. The molecule has 20 heavy (non-hydrogen) atoms. The first-order chi connectivity index (χ1) is 9.60. The maximum Gasteiger partial charge on any atom is 0.340 e. The van der Waals surface area contributed by atoms with Crippen LogP contribution in [0.15, 0.2) is 18.2 Å². The van der Waals surface area contributed by atoms with E-state index >= 15 is 0 Å². The van der Waals surface area contributed by atoms with Crippen molar-refractivity contribution < 1.29 is 19.0 Å². The molecule has 0 bridgehead atoms. The Hall–Kier alpha value is -1.46. The number of rotatable bonds is 5. The molecule has 0 heterocycles. The number of hydrogen-bond donors (Lipinski definition) is 2. The third-order valence-corrected chi connectivity index (χ3v) is 3.71. The van der Waals surface area contributed by atoms with Crippen LogP contribution in [0, 0.1) is 11.7 Å². The van der Waals surface area contributed by atoms with Crippen LogP contribution in [0.3, 0.4) is 0 Å². The first-order valence-corrected chi connectivity index (χ1v) is 6.85. The van der Waals surface area contributed by atoms with Crippen molar-refractivity contribution in [2.24, 2.45) is 5.92 Å². The Morgan fingerprint density at radius 2 is 2.30 bits per heavy atom. The summed E-state index contributed by atoms with van der Waals surface area (Å²) in [5, 5.41) is 12.7. The average Bonchev–Trinajstić information content (AvgIpc) is 2.84. The summed E-state index contributed by atoms with van der Waals surface area (Å²) >= 11 is 0. The van der Waals surface area contributed by atoms with E-state index in [1.54, 1.807) is 6.07 Å². The normalized spacial score (nSPS) is 21.9. The number of aliphatic hydroxyl groups is 1. The number of benzene rings is 1. The Balaban J connectivity index is 1.84. The summed E-state index contributed by atoms with van der Waals surface area (Å²) in [5.41, 5.74) is 0.740. The molecular weight excluding hydrogens is 261 g/mol. The predicted molar refractivity (Wildman–Crippen MR) is 72.8 cm³/mol. The van der Waals surface area contributed by atoms with Crippen LogP contribution in [0.1, 0.15) is 35.2 Å². The number of methoxy groups -OCH3 is 1. The van der Waals surface area contributed by atoms with Crippen molar-refractivity contribution in [1.29, 1.82) is 0 Å². The van der Waals surface area contributed by atoms with Gasteiger partial charge in [0.1, 0.15) is 5.82 Å². The van der Waals surface area contributed by atoms with E-state index in [4.69, 9.17) is 0 Å². The average molecular weight is 281 g/mol. The van der Waals surface area contributed by atoms with Crippen molar-refractivity contribution >= 4 is 5.97 Å². The fourth-order valence-electron chi connectivity index (χ4n) is 2.60. The first kappa shape index (κ1) is 14.9. The van der Waals surface area contributed by atoms with Crippen LogP contribution in [0.2, 0.25) is 0 Å². The molecule has 1 saturated carbocycles. The standard InChI is InChI=1S/C15H20FNO3/c1-20-15(19)13-5-3-11(7-14(13)16)9-17-8-10-2-4-12(18)6-10/h3,5,7,10,12,17-18H,2,4,6,8-9H2,1H3. The van der Waals surface area contributed by atoms with Crippen LogP contribution in [-0.2, 0) is 11.3 Å². The summed E-state index contributed by atoms with van der Waals surface area (Å²) in [6, 6.07) is 4.51. The van der Waals surface area contributed by atoms with Gasteiger partial charge in [0.25, 0.3) is 0 Å².